The standard InChI is InChI=1S/C42H53Cl2N5O3/c1-11-34(29(7)47-48(9)10)39-37(43)16-15-35(41(39)46-28(6)23-45-8)30(13-12-18-52-33-19-26(4)40(44)27(5)20-33)21-32-24-49(25(2)3)38-17-14-31(42(50)51)22-36(32)38/h11,14-17,19-22,24-25,28,45-46H,12-13,18,23H2,1-10H3,(H,50,51)/b30-21+,34-11-,47-29-/t28-/m1/s1. The first-order valence-corrected chi connectivity index (χ1v) is 18.5. The van der Waals surface area contributed by atoms with E-state index in [-0.39, 0.29) is 17.6 Å². The maximum absolute atomic E-state index is 12.1. The van der Waals surface area contributed by atoms with Crippen molar-refractivity contribution in [2.24, 2.45) is 5.10 Å². The summed E-state index contributed by atoms with van der Waals surface area (Å²) >= 11 is 13.5. The van der Waals surface area contributed by atoms with E-state index in [0.717, 1.165) is 85.0 Å². The Morgan fingerprint density at radius 3 is 2.37 bits per heavy atom. The molecule has 0 spiro atoms. The third kappa shape index (κ3) is 9.59. The van der Waals surface area contributed by atoms with Crippen molar-refractivity contribution in [1.29, 1.82) is 0 Å². The summed E-state index contributed by atoms with van der Waals surface area (Å²) in [5, 5.41) is 25.8. The van der Waals surface area contributed by atoms with E-state index >= 15 is 0 Å². The minimum atomic E-state index is -0.958. The summed E-state index contributed by atoms with van der Waals surface area (Å²) in [6.07, 6.45) is 7.76. The predicted octanol–water partition coefficient (Wildman–Crippen LogP) is 10.6. The van der Waals surface area contributed by atoms with Gasteiger partial charge in [0.25, 0.3) is 0 Å². The van der Waals surface area contributed by atoms with E-state index in [4.69, 9.17) is 33.0 Å². The number of hydrogen-bond acceptors (Lipinski definition) is 6. The molecule has 52 heavy (non-hydrogen) atoms. The highest BCUT2D eigenvalue weighted by atomic mass is 35.5. The zero-order valence-electron chi connectivity index (χ0n) is 32.1. The van der Waals surface area contributed by atoms with E-state index < -0.39 is 5.97 Å². The number of carboxylic acid groups (broad SMARTS) is 1. The summed E-state index contributed by atoms with van der Waals surface area (Å²) in [6.45, 7) is 15.6. The maximum atomic E-state index is 12.1. The molecule has 0 amide bonds. The van der Waals surface area contributed by atoms with Gasteiger partial charge in [0.05, 0.1) is 28.6 Å². The average molecular weight is 747 g/mol. The molecule has 4 aromatic rings. The average Bonchev–Trinajstić information content (AvgIpc) is 3.44. The number of allylic oxidation sites excluding steroid dienone is 3. The number of ether oxygens (including phenoxy) is 1. The smallest absolute Gasteiger partial charge is 0.335 e. The van der Waals surface area contributed by atoms with Crippen LogP contribution in [-0.4, -0.2) is 66.7 Å². The van der Waals surface area contributed by atoms with Crippen LogP contribution in [0.3, 0.4) is 0 Å². The monoisotopic (exact) mass is 745 g/mol. The summed E-state index contributed by atoms with van der Waals surface area (Å²) in [5.74, 6) is -0.170. The highest BCUT2D eigenvalue weighted by Crippen LogP contribution is 2.41. The van der Waals surface area contributed by atoms with Crippen LogP contribution < -0.4 is 15.4 Å². The normalized spacial score (nSPS) is 13.2. The van der Waals surface area contributed by atoms with Gasteiger partial charge in [-0.15, -0.1) is 0 Å². The molecular formula is C42H53Cl2N5O3. The van der Waals surface area contributed by atoms with Gasteiger partial charge in [0.2, 0.25) is 0 Å². The van der Waals surface area contributed by atoms with E-state index in [0.29, 0.717) is 18.1 Å². The highest BCUT2D eigenvalue weighted by Gasteiger charge is 2.22. The number of halogens is 2. The van der Waals surface area contributed by atoms with Crippen LogP contribution in [0.5, 0.6) is 5.75 Å². The zero-order chi connectivity index (χ0) is 38.3. The second kappa shape index (κ2) is 18.0. The van der Waals surface area contributed by atoms with Crippen molar-refractivity contribution in [3.05, 3.63) is 98.2 Å². The van der Waals surface area contributed by atoms with Crippen LogP contribution in [0.25, 0.3) is 28.1 Å². The van der Waals surface area contributed by atoms with Gasteiger partial charge in [0.1, 0.15) is 5.75 Å². The van der Waals surface area contributed by atoms with Gasteiger partial charge in [-0.3, -0.25) is 0 Å². The number of likely N-dealkylation sites (N-methyl/N-ethyl adjacent to an activating group) is 1. The first kappa shape index (κ1) is 40.5. The third-order valence-electron chi connectivity index (χ3n) is 8.97. The number of nitrogens with one attached hydrogen (secondary N) is 2. The zero-order valence-corrected chi connectivity index (χ0v) is 33.6. The molecule has 1 atom stereocenters. The van der Waals surface area contributed by atoms with Crippen molar-refractivity contribution in [2.45, 2.75) is 73.4 Å². The number of fused-ring (bicyclic) bond motifs is 1. The topological polar surface area (TPSA) is 91.1 Å². The van der Waals surface area contributed by atoms with E-state index in [1.54, 1.807) is 17.1 Å². The lowest BCUT2D eigenvalue weighted by Crippen LogP contribution is -2.29. The van der Waals surface area contributed by atoms with Crippen molar-refractivity contribution < 1.29 is 14.6 Å². The van der Waals surface area contributed by atoms with Crippen molar-refractivity contribution in [3.63, 3.8) is 0 Å². The number of hydrazone groups is 1. The molecule has 3 N–H and O–H groups in total. The van der Waals surface area contributed by atoms with E-state index in [1.807, 2.05) is 73.1 Å². The number of rotatable bonds is 16. The van der Waals surface area contributed by atoms with Crippen molar-refractivity contribution in [2.75, 3.05) is 39.6 Å². The quantitative estimate of drug-likeness (QED) is 0.0601. The fourth-order valence-corrected chi connectivity index (χ4v) is 6.99. The van der Waals surface area contributed by atoms with Gasteiger partial charge >= 0.3 is 5.97 Å². The van der Waals surface area contributed by atoms with Crippen molar-refractivity contribution in [3.8, 4) is 5.75 Å². The van der Waals surface area contributed by atoms with Crippen LogP contribution in [-0.2, 0) is 0 Å². The molecule has 0 saturated heterocycles. The summed E-state index contributed by atoms with van der Waals surface area (Å²) in [7, 11) is 5.75. The van der Waals surface area contributed by atoms with Gasteiger partial charge in [0, 0.05) is 77.1 Å². The Balaban J connectivity index is 1.95. The fraction of sp³-hybridized carbons (Fsp3) is 0.381. The first-order valence-electron chi connectivity index (χ1n) is 17.8. The Hall–Kier alpha value is -4.24. The van der Waals surface area contributed by atoms with E-state index in [9.17, 15) is 9.90 Å². The summed E-state index contributed by atoms with van der Waals surface area (Å²) in [5.41, 5.74) is 9.73. The Bertz CT molecular complexity index is 1990. The molecule has 0 bridgehead atoms. The third-order valence-corrected chi connectivity index (χ3v) is 9.88. The lowest BCUT2D eigenvalue weighted by atomic mass is 9.90. The molecule has 8 nitrogen and oxygen atoms in total. The van der Waals surface area contributed by atoms with Crippen LogP contribution in [0, 0.1) is 13.8 Å². The molecular weight excluding hydrogens is 693 g/mol. The fourth-order valence-electron chi connectivity index (χ4n) is 6.62. The Morgan fingerprint density at radius 2 is 1.77 bits per heavy atom. The molecule has 4 rings (SSSR count). The highest BCUT2D eigenvalue weighted by molar-refractivity contribution is 6.36. The maximum Gasteiger partial charge on any atom is 0.335 e. The lowest BCUT2D eigenvalue weighted by Gasteiger charge is -2.25. The molecule has 1 heterocycles. The van der Waals surface area contributed by atoms with Gasteiger partial charge in [-0.1, -0.05) is 35.3 Å². The second-order valence-electron chi connectivity index (χ2n) is 13.8. The number of aromatic nitrogens is 1. The van der Waals surface area contributed by atoms with Gasteiger partial charge in [-0.25, -0.2) is 4.79 Å². The number of carbonyl (C=O) groups is 1. The van der Waals surface area contributed by atoms with Crippen LogP contribution in [0.15, 0.2) is 59.8 Å². The largest absolute Gasteiger partial charge is 0.494 e. The SMILES string of the molecule is C/C=C(/C(C)=N\N(C)C)c1c(Cl)ccc(/C(=C/c2cn(C(C)C)c3ccc(C(=O)O)cc23)CCCOc2cc(C)c(Cl)c(C)c2)c1N[C@H](C)CNC. The molecule has 0 fully saturated rings. The minimum absolute atomic E-state index is 0.0621. The molecule has 10 heteroatoms. The summed E-state index contributed by atoms with van der Waals surface area (Å²) < 4.78 is 8.46. The minimum Gasteiger partial charge on any atom is -0.494 e. The molecule has 0 radical (unpaired) electrons. The molecule has 3 aromatic carbocycles. The Morgan fingerprint density at radius 1 is 1.08 bits per heavy atom. The van der Waals surface area contributed by atoms with Gasteiger partial charge in [0.15, 0.2) is 0 Å². The number of hydrogen-bond donors (Lipinski definition) is 3. The molecule has 278 valence electrons. The summed E-state index contributed by atoms with van der Waals surface area (Å²) in [6, 6.07) is 13.5. The number of aryl methyl sites for hydroxylation is 2. The van der Waals surface area contributed by atoms with E-state index in [2.05, 4.69) is 60.4 Å². The Kier molecular flexibility index (Phi) is 14.0. The lowest BCUT2D eigenvalue weighted by molar-refractivity contribution is 0.0697. The van der Waals surface area contributed by atoms with Gasteiger partial charge in [-0.05, 0) is 128 Å². The van der Waals surface area contributed by atoms with Crippen LogP contribution in [0.2, 0.25) is 10.0 Å². The predicted molar refractivity (Wildman–Crippen MR) is 222 cm³/mol. The van der Waals surface area contributed by atoms with Crippen LogP contribution >= 0.6 is 23.2 Å². The molecule has 0 unspecified atom stereocenters. The van der Waals surface area contributed by atoms with Crippen molar-refractivity contribution >= 4 is 68.7 Å². The molecule has 0 aliphatic heterocycles. The van der Waals surface area contributed by atoms with Gasteiger partial charge < -0.3 is 30.1 Å². The van der Waals surface area contributed by atoms with Crippen molar-refractivity contribution in [1.82, 2.24) is 14.9 Å². The number of aromatic carboxylic acids is 1. The van der Waals surface area contributed by atoms with E-state index in [1.165, 1.54) is 0 Å². The molecule has 0 aliphatic rings. The molecule has 1 aromatic heterocycles. The number of carboxylic acids is 1. The summed E-state index contributed by atoms with van der Waals surface area (Å²) in [4.78, 5) is 12.1. The second-order valence-corrected chi connectivity index (χ2v) is 14.6. The number of anilines is 1. The van der Waals surface area contributed by atoms with Crippen LogP contribution in [0.1, 0.15) is 91.7 Å². The number of nitrogens with zero attached hydrogens (tertiary/aromatic N) is 3. The van der Waals surface area contributed by atoms with Gasteiger partial charge in [-0.2, -0.15) is 5.10 Å². The number of benzene rings is 3. The van der Waals surface area contributed by atoms with Crippen LogP contribution in [0.4, 0.5) is 5.69 Å². The molecule has 0 aliphatic carbocycles. The first-order chi connectivity index (χ1) is 24.7. The Labute approximate surface area is 319 Å². The molecule has 0 saturated carbocycles.